The Hall–Kier alpha value is -7.42. The van der Waals surface area contributed by atoms with Crippen molar-refractivity contribution in [2.45, 2.75) is 24.7 Å². The minimum atomic E-state index is -0.619. The van der Waals surface area contributed by atoms with Crippen LogP contribution in [0.3, 0.4) is 0 Å². The van der Waals surface area contributed by atoms with Gasteiger partial charge in [-0.3, -0.25) is 0 Å². The molecule has 12 rings (SSSR count). The highest BCUT2D eigenvalue weighted by Gasteiger charge is 2.47. The Kier molecular flexibility index (Phi) is 7.52. The van der Waals surface area contributed by atoms with Gasteiger partial charge >= 0.3 is 0 Å². The summed E-state index contributed by atoms with van der Waals surface area (Å²) in [7, 11) is 0. The number of nitrogens with zero attached hydrogens (tertiary/aromatic N) is 1. The number of hydrogen-bond donors (Lipinski definition) is 0. The summed E-state index contributed by atoms with van der Waals surface area (Å²) in [6.45, 7) is 4.73. The van der Waals surface area contributed by atoms with Gasteiger partial charge in [-0.2, -0.15) is 0 Å². The summed E-state index contributed by atoms with van der Waals surface area (Å²) in [6.07, 6.45) is 0. The van der Waals surface area contributed by atoms with Crippen LogP contribution in [0, 0.1) is 0 Å². The van der Waals surface area contributed by atoms with E-state index in [1.807, 2.05) is 0 Å². The van der Waals surface area contributed by atoms with Crippen LogP contribution in [0.1, 0.15) is 47.2 Å². The molecule has 0 atom stereocenters. The molecule has 1 aromatic heterocycles. The van der Waals surface area contributed by atoms with Crippen LogP contribution < -0.4 is 4.90 Å². The molecule has 1 heterocycles. The maximum absolute atomic E-state index is 7.00. The molecule has 0 aliphatic heterocycles. The number of benzene rings is 9. The van der Waals surface area contributed by atoms with Crippen molar-refractivity contribution >= 4 is 39.0 Å². The number of fused-ring (bicyclic) bond motifs is 9. The average Bonchev–Trinajstić information content (AvgIpc) is 3.92. The second kappa shape index (κ2) is 13.0. The molecule has 2 heteroatoms. The molecule has 0 saturated heterocycles. The number of para-hydroxylation sites is 1. The third kappa shape index (κ3) is 4.82. The van der Waals surface area contributed by atoms with E-state index in [1.54, 1.807) is 0 Å². The van der Waals surface area contributed by atoms with Crippen LogP contribution in [-0.2, 0) is 10.8 Å². The Balaban J connectivity index is 1.22. The largest absolute Gasteiger partial charge is 0.456 e. The fourth-order valence-corrected chi connectivity index (χ4v) is 10.7. The van der Waals surface area contributed by atoms with Gasteiger partial charge in [0.05, 0.1) is 22.2 Å². The molecule has 2 aliphatic rings. The van der Waals surface area contributed by atoms with Crippen LogP contribution in [-0.4, -0.2) is 0 Å². The predicted molar refractivity (Wildman–Crippen MR) is 249 cm³/mol. The summed E-state index contributed by atoms with van der Waals surface area (Å²) in [5.74, 6) is 0. The van der Waals surface area contributed by atoms with Gasteiger partial charge in [0.2, 0.25) is 0 Å². The first kappa shape index (κ1) is 34.6. The molecule has 0 spiro atoms. The first-order chi connectivity index (χ1) is 29.5. The molecule has 2 nitrogen and oxygen atoms in total. The monoisotopic (exact) mass is 767 g/mol. The molecule has 0 amide bonds. The molecule has 284 valence electrons. The highest BCUT2D eigenvalue weighted by molar-refractivity contribution is 6.15. The van der Waals surface area contributed by atoms with E-state index in [9.17, 15) is 0 Å². The van der Waals surface area contributed by atoms with Crippen molar-refractivity contribution in [2.24, 2.45) is 0 Å². The first-order valence-corrected chi connectivity index (χ1v) is 20.9. The lowest BCUT2D eigenvalue weighted by Gasteiger charge is -2.35. The van der Waals surface area contributed by atoms with Gasteiger partial charge in [-0.15, -0.1) is 0 Å². The van der Waals surface area contributed by atoms with Gasteiger partial charge in [0.15, 0.2) is 0 Å². The van der Waals surface area contributed by atoms with Crippen LogP contribution >= 0.6 is 0 Å². The SMILES string of the molecule is CC1(C)c2ccccc2-c2c(N(c3ccc(-c4ccccc4)cc3)c3cc(C4(c5ccccc5)c5ccccc5-c5ccccc54)cc4oc5ccccc5c34)cccc21. The second-order valence-electron chi connectivity index (χ2n) is 16.8. The number of furan rings is 1. The fourth-order valence-electron chi connectivity index (χ4n) is 10.7. The Bertz CT molecular complexity index is 3240. The number of anilines is 3. The minimum absolute atomic E-state index is 0.168. The summed E-state index contributed by atoms with van der Waals surface area (Å²) in [6, 6.07) is 77.9. The van der Waals surface area contributed by atoms with Crippen molar-refractivity contribution in [1.29, 1.82) is 0 Å². The van der Waals surface area contributed by atoms with E-state index < -0.39 is 5.41 Å². The second-order valence-corrected chi connectivity index (χ2v) is 16.8. The molecule has 0 fully saturated rings. The van der Waals surface area contributed by atoms with Crippen molar-refractivity contribution in [3.8, 4) is 33.4 Å². The molecule has 0 saturated carbocycles. The van der Waals surface area contributed by atoms with Crippen molar-refractivity contribution in [2.75, 3.05) is 4.90 Å². The quantitative estimate of drug-likeness (QED) is 0.168. The van der Waals surface area contributed by atoms with Gasteiger partial charge in [0, 0.05) is 22.1 Å². The fraction of sp³-hybridized carbons (Fsp3) is 0.0690. The molecule has 9 aromatic carbocycles. The molecule has 0 unspecified atom stereocenters. The summed E-state index contributed by atoms with van der Waals surface area (Å²) >= 11 is 0. The van der Waals surface area contributed by atoms with E-state index in [2.05, 4.69) is 231 Å². The van der Waals surface area contributed by atoms with E-state index in [0.29, 0.717) is 0 Å². The summed E-state index contributed by atoms with van der Waals surface area (Å²) in [5, 5.41) is 2.18. The number of hydrogen-bond acceptors (Lipinski definition) is 2. The zero-order valence-electron chi connectivity index (χ0n) is 33.6. The zero-order valence-corrected chi connectivity index (χ0v) is 33.6. The highest BCUT2D eigenvalue weighted by Crippen LogP contribution is 2.59. The standard InChI is InChI=1S/C58H41NO/c1-57(2)47-26-13-11-24-45(47)55-50(57)29-17-30-51(55)59(42-34-32-39(33-35-42)38-18-5-3-6-19-38)52-36-41(37-54-56(52)46-25-12-16-31-53(46)60-54)58(40-20-7-4-8-21-40)48-27-14-9-22-43(48)44-23-10-15-28-49(44)58/h3-37H,1-2H3. The summed E-state index contributed by atoms with van der Waals surface area (Å²) < 4.78 is 7.00. The van der Waals surface area contributed by atoms with Crippen LogP contribution in [0.25, 0.3) is 55.3 Å². The summed E-state index contributed by atoms with van der Waals surface area (Å²) in [5.41, 5.74) is 19.3. The Morgan fingerprint density at radius 3 is 1.68 bits per heavy atom. The summed E-state index contributed by atoms with van der Waals surface area (Å²) in [4.78, 5) is 2.52. The predicted octanol–water partition coefficient (Wildman–Crippen LogP) is 15.4. The van der Waals surface area contributed by atoms with E-state index in [-0.39, 0.29) is 5.41 Å². The van der Waals surface area contributed by atoms with E-state index in [0.717, 1.165) is 44.6 Å². The van der Waals surface area contributed by atoms with Gasteiger partial charge in [-0.1, -0.05) is 190 Å². The molecule has 0 bridgehead atoms. The molecule has 60 heavy (non-hydrogen) atoms. The zero-order chi connectivity index (χ0) is 40.0. The Morgan fingerprint density at radius 2 is 0.967 bits per heavy atom. The lowest BCUT2D eigenvalue weighted by molar-refractivity contribution is 0.660. The van der Waals surface area contributed by atoms with Gasteiger partial charge in [0.1, 0.15) is 11.2 Å². The van der Waals surface area contributed by atoms with Crippen LogP contribution in [0.4, 0.5) is 17.1 Å². The van der Waals surface area contributed by atoms with E-state index in [4.69, 9.17) is 4.42 Å². The maximum atomic E-state index is 7.00. The molecule has 0 radical (unpaired) electrons. The highest BCUT2D eigenvalue weighted by atomic mass is 16.3. The average molecular weight is 768 g/mol. The molecular formula is C58H41NO. The van der Waals surface area contributed by atoms with Crippen LogP contribution in [0.15, 0.2) is 217 Å². The molecular weight excluding hydrogens is 727 g/mol. The van der Waals surface area contributed by atoms with E-state index >= 15 is 0 Å². The van der Waals surface area contributed by atoms with Crippen LogP contribution in [0.2, 0.25) is 0 Å². The van der Waals surface area contributed by atoms with Crippen molar-refractivity contribution in [3.05, 3.63) is 246 Å². The maximum Gasteiger partial charge on any atom is 0.137 e. The third-order valence-electron chi connectivity index (χ3n) is 13.3. The van der Waals surface area contributed by atoms with Gasteiger partial charge in [-0.05, 0) is 97.6 Å². The van der Waals surface area contributed by atoms with E-state index in [1.165, 1.54) is 61.2 Å². The minimum Gasteiger partial charge on any atom is -0.456 e. The van der Waals surface area contributed by atoms with Gasteiger partial charge < -0.3 is 9.32 Å². The smallest absolute Gasteiger partial charge is 0.137 e. The van der Waals surface area contributed by atoms with Gasteiger partial charge in [-0.25, -0.2) is 0 Å². The Labute approximate surface area is 350 Å². The van der Waals surface area contributed by atoms with Crippen LogP contribution in [0.5, 0.6) is 0 Å². The third-order valence-corrected chi connectivity index (χ3v) is 13.3. The first-order valence-electron chi connectivity index (χ1n) is 20.9. The topological polar surface area (TPSA) is 16.4 Å². The van der Waals surface area contributed by atoms with Gasteiger partial charge in [0.25, 0.3) is 0 Å². The normalized spacial score (nSPS) is 14.1. The lowest BCUT2D eigenvalue weighted by atomic mass is 9.67. The molecule has 10 aromatic rings. The van der Waals surface area contributed by atoms with Crippen molar-refractivity contribution < 1.29 is 4.42 Å². The Morgan fingerprint density at radius 1 is 0.400 bits per heavy atom. The van der Waals surface area contributed by atoms with Crippen molar-refractivity contribution in [1.82, 2.24) is 0 Å². The molecule has 0 N–H and O–H groups in total. The van der Waals surface area contributed by atoms with Crippen molar-refractivity contribution in [3.63, 3.8) is 0 Å². The lowest BCUT2D eigenvalue weighted by Crippen LogP contribution is -2.29. The number of rotatable bonds is 6. The molecule has 2 aliphatic carbocycles.